The predicted molar refractivity (Wildman–Crippen MR) is 89.8 cm³/mol. The topological polar surface area (TPSA) is 89.2 Å². The molecule has 2 amide bonds. The molecule has 124 valence electrons. The summed E-state index contributed by atoms with van der Waals surface area (Å²) in [4.78, 5) is 27.6. The fraction of sp³-hybridized carbons (Fsp3) is 0.235. The molecular weight excluding hydrogens is 308 g/mol. The number of para-hydroxylation sites is 2. The maximum atomic E-state index is 11.8. The molecule has 0 atom stereocenters. The Morgan fingerprint density at radius 2 is 1.96 bits per heavy atom. The zero-order valence-corrected chi connectivity index (χ0v) is 13.1. The van der Waals surface area contributed by atoms with Crippen molar-refractivity contribution < 1.29 is 9.21 Å². The van der Waals surface area contributed by atoms with Crippen molar-refractivity contribution in [2.24, 2.45) is 0 Å². The molecule has 1 aromatic carbocycles. The molecular formula is C17H18N4O3. The van der Waals surface area contributed by atoms with Crippen LogP contribution in [0.5, 0.6) is 0 Å². The molecule has 7 heteroatoms. The minimum atomic E-state index is -0.421. The van der Waals surface area contributed by atoms with E-state index in [1.807, 2.05) is 30.3 Å². The molecule has 7 nitrogen and oxygen atoms in total. The Morgan fingerprint density at radius 3 is 2.79 bits per heavy atom. The van der Waals surface area contributed by atoms with E-state index >= 15 is 0 Å². The third-order valence-electron chi connectivity index (χ3n) is 3.62. The summed E-state index contributed by atoms with van der Waals surface area (Å²) in [6.07, 6.45) is 4.20. The van der Waals surface area contributed by atoms with Gasteiger partial charge in [0.05, 0.1) is 5.52 Å². The Morgan fingerprint density at radius 1 is 1.12 bits per heavy atom. The molecule has 2 heterocycles. The van der Waals surface area contributed by atoms with E-state index in [0.29, 0.717) is 31.6 Å². The minimum Gasteiger partial charge on any atom is -0.408 e. The number of carbonyl (C=O) groups is 1. The molecule has 2 aromatic heterocycles. The summed E-state index contributed by atoms with van der Waals surface area (Å²) in [5.41, 5.74) is 2.33. The number of nitrogens with one attached hydrogen (secondary N) is 2. The highest BCUT2D eigenvalue weighted by Gasteiger charge is 2.08. The molecule has 2 N–H and O–H groups in total. The van der Waals surface area contributed by atoms with Gasteiger partial charge in [0, 0.05) is 32.0 Å². The molecule has 0 saturated heterocycles. The lowest BCUT2D eigenvalue weighted by atomic mass is 10.2. The highest BCUT2D eigenvalue weighted by Crippen LogP contribution is 2.10. The summed E-state index contributed by atoms with van der Waals surface area (Å²) in [6, 6.07) is 10.8. The predicted octanol–water partition coefficient (Wildman–Crippen LogP) is 1.53. The molecule has 0 saturated carbocycles. The van der Waals surface area contributed by atoms with Crippen molar-refractivity contribution in [1.29, 1.82) is 0 Å². The first-order chi connectivity index (χ1) is 11.7. The second-order valence-electron chi connectivity index (χ2n) is 5.28. The highest BCUT2D eigenvalue weighted by atomic mass is 16.4. The van der Waals surface area contributed by atoms with E-state index in [1.54, 1.807) is 18.5 Å². The fourth-order valence-electron chi connectivity index (χ4n) is 2.44. The van der Waals surface area contributed by atoms with Gasteiger partial charge in [-0.3, -0.25) is 9.55 Å². The number of carbonyl (C=O) groups excluding carboxylic acids is 1. The van der Waals surface area contributed by atoms with Crippen LogP contribution in [0.4, 0.5) is 4.79 Å². The monoisotopic (exact) mass is 326 g/mol. The van der Waals surface area contributed by atoms with Crippen molar-refractivity contribution in [3.05, 3.63) is 64.9 Å². The standard InChI is InChI=1S/C17H18N4O3/c22-16(19-9-7-13-4-3-8-18-12-13)20-10-11-21-14-5-1-2-6-15(14)24-17(21)23/h1-6,8,12H,7,9-11H2,(H2,19,20,22). The molecule has 0 spiro atoms. The highest BCUT2D eigenvalue weighted by molar-refractivity contribution is 5.74. The van der Waals surface area contributed by atoms with Crippen molar-refractivity contribution >= 4 is 17.1 Å². The number of urea groups is 1. The molecule has 0 aliphatic heterocycles. The van der Waals surface area contributed by atoms with Gasteiger partial charge in [-0.1, -0.05) is 18.2 Å². The number of hydrogen-bond donors (Lipinski definition) is 2. The van der Waals surface area contributed by atoms with Crippen LogP contribution in [0.3, 0.4) is 0 Å². The zero-order valence-electron chi connectivity index (χ0n) is 13.1. The van der Waals surface area contributed by atoms with Crippen molar-refractivity contribution in [3.63, 3.8) is 0 Å². The van der Waals surface area contributed by atoms with E-state index in [0.717, 1.165) is 11.1 Å². The van der Waals surface area contributed by atoms with Crippen molar-refractivity contribution in [2.45, 2.75) is 13.0 Å². The summed E-state index contributed by atoms with van der Waals surface area (Å²) in [5, 5.41) is 5.51. The van der Waals surface area contributed by atoms with Gasteiger partial charge in [-0.2, -0.15) is 0 Å². The summed E-state index contributed by atoms with van der Waals surface area (Å²) < 4.78 is 6.65. The number of nitrogens with zero attached hydrogens (tertiary/aromatic N) is 2. The lowest BCUT2D eigenvalue weighted by Gasteiger charge is -2.08. The van der Waals surface area contributed by atoms with Crippen LogP contribution in [0.25, 0.3) is 11.1 Å². The number of hydrogen-bond acceptors (Lipinski definition) is 4. The number of benzene rings is 1. The zero-order chi connectivity index (χ0) is 16.8. The summed E-state index contributed by atoms with van der Waals surface area (Å²) >= 11 is 0. The third kappa shape index (κ3) is 3.81. The van der Waals surface area contributed by atoms with Crippen LogP contribution < -0.4 is 16.4 Å². The van der Waals surface area contributed by atoms with Gasteiger partial charge in [0.1, 0.15) is 0 Å². The van der Waals surface area contributed by atoms with E-state index in [-0.39, 0.29) is 6.03 Å². The van der Waals surface area contributed by atoms with Gasteiger partial charge in [0.25, 0.3) is 0 Å². The maximum absolute atomic E-state index is 11.8. The number of oxazole rings is 1. The quantitative estimate of drug-likeness (QED) is 0.719. The van der Waals surface area contributed by atoms with Crippen LogP contribution in [-0.4, -0.2) is 28.7 Å². The van der Waals surface area contributed by atoms with E-state index in [1.165, 1.54) is 4.57 Å². The molecule has 24 heavy (non-hydrogen) atoms. The van der Waals surface area contributed by atoms with E-state index in [4.69, 9.17) is 4.42 Å². The molecule has 3 rings (SSSR count). The normalized spacial score (nSPS) is 10.7. The largest absolute Gasteiger partial charge is 0.420 e. The summed E-state index contributed by atoms with van der Waals surface area (Å²) in [6.45, 7) is 1.21. The molecule has 3 aromatic rings. The van der Waals surface area contributed by atoms with Crippen molar-refractivity contribution in [3.8, 4) is 0 Å². The second-order valence-corrected chi connectivity index (χ2v) is 5.28. The molecule has 0 bridgehead atoms. The Hall–Kier alpha value is -3.09. The molecule has 0 aliphatic rings. The van der Waals surface area contributed by atoms with Crippen LogP contribution in [0.2, 0.25) is 0 Å². The third-order valence-corrected chi connectivity index (χ3v) is 3.62. The smallest absolute Gasteiger partial charge is 0.408 e. The second kappa shape index (κ2) is 7.45. The fourth-order valence-corrected chi connectivity index (χ4v) is 2.44. The van der Waals surface area contributed by atoms with Crippen LogP contribution >= 0.6 is 0 Å². The maximum Gasteiger partial charge on any atom is 0.420 e. The number of fused-ring (bicyclic) bond motifs is 1. The Balaban J connectivity index is 1.45. The van der Waals surface area contributed by atoms with Crippen LogP contribution in [-0.2, 0) is 13.0 Å². The average molecular weight is 326 g/mol. The number of aromatic nitrogens is 2. The van der Waals surface area contributed by atoms with Gasteiger partial charge in [-0.05, 0) is 30.2 Å². The Labute approximate surface area is 138 Å². The van der Waals surface area contributed by atoms with Crippen molar-refractivity contribution in [2.75, 3.05) is 13.1 Å². The SMILES string of the molecule is O=C(NCCc1cccnc1)NCCn1c(=O)oc2ccccc21. The summed E-state index contributed by atoms with van der Waals surface area (Å²) in [5.74, 6) is -0.421. The number of rotatable bonds is 6. The molecule has 0 radical (unpaired) electrons. The van der Waals surface area contributed by atoms with E-state index in [2.05, 4.69) is 15.6 Å². The molecule has 0 unspecified atom stereocenters. The number of pyridine rings is 1. The lowest BCUT2D eigenvalue weighted by molar-refractivity contribution is 0.240. The first-order valence-corrected chi connectivity index (χ1v) is 7.73. The Kier molecular flexibility index (Phi) is 4.90. The van der Waals surface area contributed by atoms with Gasteiger partial charge in [0.2, 0.25) is 0 Å². The van der Waals surface area contributed by atoms with Crippen LogP contribution in [0, 0.1) is 0 Å². The lowest BCUT2D eigenvalue weighted by Crippen LogP contribution is -2.38. The van der Waals surface area contributed by atoms with Gasteiger partial charge >= 0.3 is 11.8 Å². The van der Waals surface area contributed by atoms with Gasteiger partial charge in [-0.15, -0.1) is 0 Å². The average Bonchev–Trinajstić information content (AvgIpc) is 2.92. The van der Waals surface area contributed by atoms with E-state index in [9.17, 15) is 9.59 Å². The van der Waals surface area contributed by atoms with E-state index < -0.39 is 5.76 Å². The van der Waals surface area contributed by atoms with Gasteiger partial charge < -0.3 is 15.1 Å². The first-order valence-electron chi connectivity index (χ1n) is 7.73. The van der Waals surface area contributed by atoms with Gasteiger partial charge in [0.15, 0.2) is 5.58 Å². The molecule has 0 aliphatic carbocycles. The summed E-state index contributed by atoms with van der Waals surface area (Å²) in [7, 11) is 0. The van der Waals surface area contributed by atoms with Crippen LogP contribution in [0.15, 0.2) is 58.0 Å². The van der Waals surface area contributed by atoms with Crippen molar-refractivity contribution in [1.82, 2.24) is 20.2 Å². The molecule has 0 fully saturated rings. The number of amides is 2. The minimum absolute atomic E-state index is 0.264. The first kappa shape index (κ1) is 15.8. The van der Waals surface area contributed by atoms with Crippen LogP contribution in [0.1, 0.15) is 5.56 Å². The Bertz CT molecular complexity index is 870. The van der Waals surface area contributed by atoms with Gasteiger partial charge in [-0.25, -0.2) is 9.59 Å².